The summed E-state index contributed by atoms with van der Waals surface area (Å²) in [7, 11) is 1.45. The predicted molar refractivity (Wildman–Crippen MR) is 202 cm³/mol. The first-order chi connectivity index (χ1) is 25.7. The van der Waals surface area contributed by atoms with Crippen molar-refractivity contribution in [3.63, 3.8) is 0 Å². The number of anilines is 1. The van der Waals surface area contributed by atoms with Gasteiger partial charge in [0.1, 0.15) is 29.0 Å². The number of ether oxygens (including phenoxy) is 3. The molecular formula is C43H47N3O7. The fraction of sp³-hybridized carbons (Fsp3) is 0.419. The number of methoxy groups -OCH3 is 1. The van der Waals surface area contributed by atoms with Crippen LogP contribution in [0.4, 0.5) is 5.82 Å². The van der Waals surface area contributed by atoms with Gasteiger partial charge in [0.15, 0.2) is 17.3 Å². The van der Waals surface area contributed by atoms with Crippen molar-refractivity contribution < 1.29 is 34.3 Å². The summed E-state index contributed by atoms with van der Waals surface area (Å²) in [5.41, 5.74) is 4.88. The summed E-state index contributed by atoms with van der Waals surface area (Å²) in [6.07, 6.45) is 4.37. The Labute approximate surface area is 310 Å². The van der Waals surface area contributed by atoms with Crippen LogP contribution in [0.5, 0.6) is 28.7 Å². The first-order valence-corrected chi connectivity index (χ1v) is 18.8. The van der Waals surface area contributed by atoms with Crippen LogP contribution in [0.15, 0.2) is 54.6 Å². The Balaban J connectivity index is 1.27. The molecule has 53 heavy (non-hydrogen) atoms. The minimum Gasteiger partial charge on any atom is -0.508 e. The van der Waals surface area contributed by atoms with Crippen LogP contribution in [0.1, 0.15) is 90.2 Å². The van der Waals surface area contributed by atoms with Gasteiger partial charge in [-0.05, 0) is 60.6 Å². The van der Waals surface area contributed by atoms with Gasteiger partial charge in [0, 0.05) is 37.3 Å². The number of carbonyl (C=O) groups is 1. The number of ketones is 1. The molecule has 4 heterocycles. The summed E-state index contributed by atoms with van der Waals surface area (Å²) in [5.74, 6) is 7.58. The van der Waals surface area contributed by atoms with Crippen molar-refractivity contribution in [1.82, 2.24) is 10.3 Å². The lowest BCUT2D eigenvalue weighted by atomic mass is 9.85. The number of aromatic hydroxyl groups is 2. The van der Waals surface area contributed by atoms with Crippen LogP contribution in [-0.2, 0) is 12.8 Å². The summed E-state index contributed by atoms with van der Waals surface area (Å²) in [5, 5.41) is 36.9. The van der Waals surface area contributed by atoms with Gasteiger partial charge in [-0.2, -0.15) is 0 Å². The molecule has 1 aliphatic carbocycles. The van der Waals surface area contributed by atoms with E-state index in [-0.39, 0.29) is 59.2 Å². The Morgan fingerprint density at radius 2 is 1.85 bits per heavy atom. The van der Waals surface area contributed by atoms with E-state index in [2.05, 4.69) is 64.3 Å². The highest BCUT2D eigenvalue weighted by molar-refractivity contribution is 6.05. The number of aryl methyl sites for hydroxylation is 1. The van der Waals surface area contributed by atoms with Crippen molar-refractivity contribution in [3.05, 3.63) is 82.5 Å². The maximum atomic E-state index is 14.3. The third-order valence-electron chi connectivity index (χ3n) is 11.3. The first-order valence-electron chi connectivity index (χ1n) is 18.8. The highest BCUT2D eigenvalue weighted by Gasteiger charge is 2.40. The van der Waals surface area contributed by atoms with Gasteiger partial charge < -0.3 is 44.7 Å². The van der Waals surface area contributed by atoms with Crippen LogP contribution in [0.25, 0.3) is 11.1 Å². The molecule has 1 saturated heterocycles. The molecule has 3 aliphatic heterocycles. The van der Waals surface area contributed by atoms with E-state index in [1.54, 1.807) is 24.3 Å². The maximum absolute atomic E-state index is 14.3. The molecule has 1 saturated carbocycles. The molecule has 3 unspecified atom stereocenters. The first kappa shape index (κ1) is 34.9. The van der Waals surface area contributed by atoms with Crippen LogP contribution in [-0.4, -0.2) is 71.1 Å². The minimum absolute atomic E-state index is 0.0183. The van der Waals surface area contributed by atoms with Gasteiger partial charge in [0.25, 0.3) is 0 Å². The number of phenols is 2. The van der Waals surface area contributed by atoms with Crippen LogP contribution in [0.3, 0.4) is 0 Å². The Morgan fingerprint density at radius 1 is 1.04 bits per heavy atom. The lowest BCUT2D eigenvalue weighted by Crippen LogP contribution is -2.50. The van der Waals surface area contributed by atoms with Gasteiger partial charge >= 0.3 is 0 Å². The largest absolute Gasteiger partial charge is 0.508 e. The van der Waals surface area contributed by atoms with Gasteiger partial charge in [-0.25, -0.2) is 0 Å². The second-order valence-corrected chi connectivity index (χ2v) is 14.8. The van der Waals surface area contributed by atoms with E-state index in [1.807, 2.05) is 0 Å². The average Bonchev–Trinajstić information content (AvgIpc) is 3.80. The Bertz CT molecular complexity index is 2070. The number of rotatable bonds is 8. The molecular weight excluding hydrogens is 670 g/mol. The number of piperazine rings is 1. The monoisotopic (exact) mass is 717 g/mol. The van der Waals surface area contributed by atoms with Crippen molar-refractivity contribution in [2.24, 2.45) is 0 Å². The van der Waals surface area contributed by atoms with Crippen molar-refractivity contribution >= 4 is 11.6 Å². The number of Topliss-reactive ketones (excluding diaryl/α,β-unsaturated/α-hetero) is 1. The summed E-state index contributed by atoms with van der Waals surface area (Å²) < 4.78 is 18.9. The number of hydrogen-bond acceptors (Lipinski definition) is 9. The molecule has 4 aromatic rings. The fourth-order valence-corrected chi connectivity index (χ4v) is 8.41. The number of aromatic amines is 1. The summed E-state index contributed by atoms with van der Waals surface area (Å²) >= 11 is 0. The molecule has 10 nitrogen and oxygen atoms in total. The summed E-state index contributed by atoms with van der Waals surface area (Å²) in [4.78, 5) is 20.4. The zero-order chi connectivity index (χ0) is 36.7. The van der Waals surface area contributed by atoms with Crippen molar-refractivity contribution in [3.8, 4) is 51.7 Å². The lowest BCUT2D eigenvalue weighted by molar-refractivity contribution is 0.0252. The molecule has 3 aromatic carbocycles. The molecule has 8 rings (SSSR count). The predicted octanol–water partition coefficient (Wildman–Crippen LogP) is 6.57. The number of benzene rings is 3. The van der Waals surface area contributed by atoms with Gasteiger partial charge in [0.2, 0.25) is 5.75 Å². The summed E-state index contributed by atoms with van der Waals surface area (Å²) in [6, 6.07) is 17.1. The van der Waals surface area contributed by atoms with Gasteiger partial charge in [0.05, 0.1) is 43.3 Å². The van der Waals surface area contributed by atoms with Crippen molar-refractivity contribution in [2.75, 3.05) is 38.3 Å². The van der Waals surface area contributed by atoms with Gasteiger partial charge in [-0.1, -0.05) is 68.0 Å². The molecule has 4 bridgehead atoms. The van der Waals surface area contributed by atoms with E-state index in [4.69, 9.17) is 14.2 Å². The number of phenolic OH excluding ortho intramolecular Hbond substituents is 2. The van der Waals surface area contributed by atoms with Crippen molar-refractivity contribution in [2.45, 2.75) is 82.0 Å². The molecule has 2 fully saturated rings. The van der Waals surface area contributed by atoms with Crippen LogP contribution in [0, 0.1) is 11.8 Å². The number of nitrogens with zero attached hydrogens (tertiary/aromatic N) is 1. The molecule has 10 heteroatoms. The molecule has 0 spiro atoms. The van der Waals surface area contributed by atoms with E-state index in [0.29, 0.717) is 43.4 Å². The Kier molecular flexibility index (Phi) is 9.48. The number of fused-ring (bicyclic) bond motifs is 8. The molecule has 276 valence electrons. The quantitative estimate of drug-likeness (QED) is 0.128. The number of hydrogen-bond donors (Lipinski definition) is 5. The summed E-state index contributed by atoms with van der Waals surface area (Å²) in [6.45, 7) is 4.53. The minimum atomic E-state index is -0.820. The number of aromatic nitrogens is 1. The van der Waals surface area contributed by atoms with E-state index < -0.39 is 17.6 Å². The number of nitrogens with one attached hydrogen (secondary N) is 2. The van der Waals surface area contributed by atoms with Gasteiger partial charge in [-0.15, -0.1) is 0 Å². The molecule has 5 N–H and O–H groups in total. The van der Waals surface area contributed by atoms with Crippen LogP contribution in [0.2, 0.25) is 0 Å². The highest BCUT2D eigenvalue weighted by Crippen LogP contribution is 2.55. The standard InChI is InChI=1S/C43H47N3O7/c1-3-30-23-33-28-8-6-7-26(21-28)22-29(9-12-31-25-46(19-18-44-31)42(33)45-30)36-38(49)41(51-2)40(52-20-17-43(50)15-4-5-16-43)37-34(48)24-35(53-39(36)37)27-10-13-32(47)14-11-27/h6-8,10-11,13-14,21,23,29,31,35,44-45,47,49-50H,3-5,15-20,22,24-25H2,1-2H3. The van der Waals surface area contributed by atoms with E-state index in [0.717, 1.165) is 54.9 Å². The lowest BCUT2D eigenvalue weighted by Gasteiger charge is -2.34. The van der Waals surface area contributed by atoms with Crippen LogP contribution >= 0.6 is 0 Å². The maximum Gasteiger partial charge on any atom is 0.204 e. The molecule has 0 radical (unpaired) electrons. The number of H-pyrrole nitrogens is 1. The van der Waals surface area contributed by atoms with Crippen LogP contribution < -0.4 is 24.4 Å². The molecule has 3 atom stereocenters. The molecule has 0 amide bonds. The van der Waals surface area contributed by atoms with E-state index >= 15 is 0 Å². The number of aliphatic hydroxyl groups is 1. The highest BCUT2D eigenvalue weighted by atomic mass is 16.5. The zero-order valence-corrected chi connectivity index (χ0v) is 30.3. The Morgan fingerprint density at radius 3 is 2.62 bits per heavy atom. The molecule has 4 aliphatic rings. The van der Waals surface area contributed by atoms with E-state index in [1.165, 1.54) is 12.8 Å². The normalized spacial score (nSPS) is 21.6. The smallest absolute Gasteiger partial charge is 0.204 e. The molecule has 1 aromatic heterocycles. The second-order valence-electron chi connectivity index (χ2n) is 14.8. The average molecular weight is 718 g/mol. The van der Waals surface area contributed by atoms with Gasteiger partial charge in [-0.3, -0.25) is 4.79 Å². The number of carbonyl (C=O) groups excluding carboxylic acids is 1. The Hall–Kier alpha value is -5.11. The van der Waals surface area contributed by atoms with E-state index in [9.17, 15) is 20.1 Å². The topological polar surface area (TPSA) is 137 Å². The fourth-order valence-electron chi connectivity index (χ4n) is 8.41. The van der Waals surface area contributed by atoms with Crippen molar-refractivity contribution in [1.29, 1.82) is 0 Å². The third kappa shape index (κ3) is 6.80. The second kappa shape index (κ2) is 14.4. The SMILES string of the molecule is CCc1cc2c([nH]1)N1CCNC(C#CC(c3c(O)c(OC)c(OCCC4(O)CCCC4)c4c3OC(c3ccc(O)cc3)CC4=O)Cc3cccc-2c3)C1. The third-order valence-corrected chi connectivity index (χ3v) is 11.3. The zero-order valence-electron chi connectivity index (χ0n) is 30.3.